The normalized spacial score (nSPS) is 13.4. The van der Waals surface area contributed by atoms with Crippen molar-refractivity contribution in [3.63, 3.8) is 0 Å². The van der Waals surface area contributed by atoms with Crippen LogP contribution in [0.4, 0.5) is 17.6 Å². The van der Waals surface area contributed by atoms with Gasteiger partial charge >= 0.3 is 6.18 Å². The monoisotopic (exact) mass is 319 g/mol. The first-order chi connectivity index (χ1) is 9.82. The van der Waals surface area contributed by atoms with Crippen molar-refractivity contribution in [3.8, 4) is 10.6 Å². The summed E-state index contributed by atoms with van der Waals surface area (Å²) in [6.45, 7) is 4.57. The average Bonchev–Trinajstić information content (AvgIpc) is 2.88. The molecule has 3 nitrogen and oxygen atoms in total. The fourth-order valence-corrected chi connectivity index (χ4v) is 2.66. The van der Waals surface area contributed by atoms with Crippen LogP contribution in [0, 0.1) is 5.82 Å². The molecule has 1 heterocycles. The summed E-state index contributed by atoms with van der Waals surface area (Å²) in [5, 5.41) is 12.0. The van der Waals surface area contributed by atoms with Crippen molar-refractivity contribution in [2.24, 2.45) is 0 Å². The number of nitrogens with one attached hydrogen (secondary N) is 1. The third-order valence-electron chi connectivity index (χ3n) is 2.84. The lowest BCUT2D eigenvalue weighted by molar-refractivity contribution is -0.139. The van der Waals surface area contributed by atoms with E-state index >= 15 is 0 Å². The van der Waals surface area contributed by atoms with Gasteiger partial charge in [-0.25, -0.2) is 4.39 Å². The Morgan fingerprint density at radius 3 is 2.62 bits per heavy atom. The van der Waals surface area contributed by atoms with Crippen LogP contribution in [0.15, 0.2) is 18.2 Å². The van der Waals surface area contributed by atoms with E-state index in [0.717, 1.165) is 18.7 Å². The van der Waals surface area contributed by atoms with E-state index in [4.69, 9.17) is 0 Å². The number of alkyl halides is 3. The maximum Gasteiger partial charge on any atom is 0.419 e. The van der Waals surface area contributed by atoms with E-state index in [-0.39, 0.29) is 11.6 Å². The second-order valence-corrected chi connectivity index (χ2v) is 5.43. The number of hydrogen-bond donors (Lipinski definition) is 1. The number of aromatic nitrogens is 2. The molecule has 1 aromatic carbocycles. The molecule has 0 aliphatic heterocycles. The van der Waals surface area contributed by atoms with Gasteiger partial charge in [-0.2, -0.15) is 13.2 Å². The second-order valence-electron chi connectivity index (χ2n) is 4.42. The molecule has 0 saturated carbocycles. The Balaban J connectivity index is 2.35. The molecule has 1 N–H and O–H groups in total. The van der Waals surface area contributed by atoms with Crippen LogP contribution in [0.5, 0.6) is 0 Å². The summed E-state index contributed by atoms with van der Waals surface area (Å²) in [5.41, 5.74) is -1.09. The number of halogens is 4. The second kappa shape index (κ2) is 6.07. The standard InChI is InChI=1S/C13H13F4N3S/c1-3-18-7(2)11-19-20-12(21-11)8-4-5-10(14)9(6-8)13(15,16)17/h4-7,18H,3H2,1-2H3. The first-order valence-electron chi connectivity index (χ1n) is 6.26. The first kappa shape index (κ1) is 15.8. The van der Waals surface area contributed by atoms with Gasteiger partial charge in [0.1, 0.15) is 15.8 Å². The summed E-state index contributed by atoms with van der Waals surface area (Å²) < 4.78 is 51.3. The zero-order valence-corrected chi connectivity index (χ0v) is 12.1. The molecule has 8 heteroatoms. The van der Waals surface area contributed by atoms with Gasteiger partial charge in [0.05, 0.1) is 11.6 Å². The molecule has 0 radical (unpaired) electrons. The smallest absolute Gasteiger partial charge is 0.308 e. The Kier molecular flexibility index (Phi) is 4.58. The van der Waals surface area contributed by atoms with E-state index in [2.05, 4.69) is 15.5 Å². The van der Waals surface area contributed by atoms with Gasteiger partial charge in [-0.15, -0.1) is 10.2 Å². The molecule has 114 valence electrons. The van der Waals surface area contributed by atoms with Gasteiger partial charge in [-0.3, -0.25) is 0 Å². The Hall–Kier alpha value is -1.54. The Morgan fingerprint density at radius 1 is 1.29 bits per heavy atom. The number of benzene rings is 1. The van der Waals surface area contributed by atoms with E-state index in [9.17, 15) is 17.6 Å². The zero-order valence-electron chi connectivity index (χ0n) is 11.3. The van der Waals surface area contributed by atoms with Crippen LogP contribution in [0.25, 0.3) is 10.6 Å². The van der Waals surface area contributed by atoms with E-state index in [1.807, 2.05) is 13.8 Å². The summed E-state index contributed by atoms with van der Waals surface area (Å²) in [5.74, 6) is -1.29. The summed E-state index contributed by atoms with van der Waals surface area (Å²) in [6, 6.07) is 2.79. The molecule has 2 rings (SSSR count). The Morgan fingerprint density at radius 2 is 2.00 bits per heavy atom. The van der Waals surface area contributed by atoms with Gasteiger partial charge in [0.15, 0.2) is 0 Å². The van der Waals surface area contributed by atoms with Gasteiger partial charge in [0.25, 0.3) is 0 Å². The van der Waals surface area contributed by atoms with Crippen LogP contribution in [0.3, 0.4) is 0 Å². The molecule has 0 amide bonds. The van der Waals surface area contributed by atoms with Crippen LogP contribution in [-0.2, 0) is 6.18 Å². The predicted octanol–water partition coefficient (Wildman–Crippen LogP) is 4.03. The van der Waals surface area contributed by atoms with Gasteiger partial charge < -0.3 is 5.32 Å². The summed E-state index contributed by atoms with van der Waals surface area (Å²) >= 11 is 1.18. The quantitative estimate of drug-likeness (QED) is 0.865. The van der Waals surface area contributed by atoms with Crippen molar-refractivity contribution in [2.75, 3.05) is 6.54 Å². The van der Waals surface area contributed by atoms with E-state index in [0.29, 0.717) is 10.0 Å². The maximum absolute atomic E-state index is 13.3. The minimum absolute atomic E-state index is 0.0382. The summed E-state index contributed by atoms with van der Waals surface area (Å²) in [4.78, 5) is 0. The molecule has 2 aromatic rings. The number of rotatable bonds is 4. The van der Waals surface area contributed by atoms with Gasteiger partial charge in [0.2, 0.25) is 0 Å². The van der Waals surface area contributed by atoms with Crippen molar-refractivity contribution < 1.29 is 17.6 Å². The number of nitrogens with zero attached hydrogens (tertiary/aromatic N) is 2. The summed E-state index contributed by atoms with van der Waals surface area (Å²) in [6.07, 6.45) is -4.73. The lowest BCUT2D eigenvalue weighted by atomic mass is 10.1. The van der Waals surface area contributed by atoms with Crippen molar-refractivity contribution in [1.82, 2.24) is 15.5 Å². The molecule has 1 atom stereocenters. The van der Waals surface area contributed by atoms with Crippen LogP contribution in [0.2, 0.25) is 0 Å². The minimum Gasteiger partial charge on any atom is -0.308 e. The number of hydrogen-bond acceptors (Lipinski definition) is 4. The third-order valence-corrected chi connectivity index (χ3v) is 4.00. The van der Waals surface area contributed by atoms with Crippen molar-refractivity contribution >= 4 is 11.3 Å². The highest BCUT2D eigenvalue weighted by Crippen LogP contribution is 2.35. The van der Waals surface area contributed by atoms with E-state index < -0.39 is 17.6 Å². The van der Waals surface area contributed by atoms with Gasteiger partial charge in [0, 0.05) is 5.56 Å². The fourth-order valence-electron chi connectivity index (χ4n) is 1.80. The molecule has 0 aliphatic rings. The Bertz CT molecular complexity index is 624. The molecule has 0 aliphatic carbocycles. The van der Waals surface area contributed by atoms with Crippen LogP contribution >= 0.6 is 11.3 Å². The Labute approximate surface area is 123 Å². The highest BCUT2D eigenvalue weighted by atomic mass is 32.1. The lowest BCUT2D eigenvalue weighted by Gasteiger charge is -2.09. The average molecular weight is 319 g/mol. The topological polar surface area (TPSA) is 37.8 Å². The van der Waals surface area contributed by atoms with Gasteiger partial charge in [-0.1, -0.05) is 18.3 Å². The maximum atomic E-state index is 13.3. The molecule has 1 aromatic heterocycles. The van der Waals surface area contributed by atoms with E-state index in [1.165, 1.54) is 17.4 Å². The molecule has 21 heavy (non-hydrogen) atoms. The van der Waals surface area contributed by atoms with Crippen molar-refractivity contribution in [2.45, 2.75) is 26.1 Å². The first-order valence-corrected chi connectivity index (χ1v) is 7.08. The van der Waals surface area contributed by atoms with Crippen LogP contribution in [0.1, 0.15) is 30.5 Å². The lowest BCUT2D eigenvalue weighted by Crippen LogP contribution is -2.17. The molecular weight excluding hydrogens is 306 g/mol. The van der Waals surface area contributed by atoms with Crippen LogP contribution in [-0.4, -0.2) is 16.7 Å². The minimum atomic E-state index is -4.73. The van der Waals surface area contributed by atoms with Crippen LogP contribution < -0.4 is 5.32 Å². The molecule has 0 spiro atoms. The molecule has 0 saturated heterocycles. The highest BCUT2D eigenvalue weighted by Gasteiger charge is 2.34. The highest BCUT2D eigenvalue weighted by molar-refractivity contribution is 7.14. The SMILES string of the molecule is CCNC(C)c1nnc(-c2ccc(F)c(C(F)(F)F)c2)s1. The molecular formula is C13H13F4N3S. The predicted molar refractivity (Wildman–Crippen MR) is 72.4 cm³/mol. The van der Waals surface area contributed by atoms with E-state index in [1.54, 1.807) is 0 Å². The van der Waals surface area contributed by atoms with Crippen molar-refractivity contribution in [1.29, 1.82) is 0 Å². The molecule has 0 bridgehead atoms. The fraction of sp³-hybridized carbons (Fsp3) is 0.385. The molecule has 0 fully saturated rings. The van der Waals surface area contributed by atoms with Crippen molar-refractivity contribution in [3.05, 3.63) is 34.6 Å². The largest absolute Gasteiger partial charge is 0.419 e. The third kappa shape index (κ3) is 3.56. The van der Waals surface area contributed by atoms with Gasteiger partial charge in [-0.05, 0) is 31.7 Å². The summed E-state index contributed by atoms with van der Waals surface area (Å²) in [7, 11) is 0. The zero-order chi connectivity index (χ0) is 15.6. The molecule has 1 unspecified atom stereocenters.